The molecule has 1 saturated heterocycles. The fourth-order valence-electron chi connectivity index (χ4n) is 4.11. The van der Waals surface area contributed by atoms with E-state index in [1.165, 1.54) is 18.6 Å². The van der Waals surface area contributed by atoms with Crippen LogP contribution in [-0.2, 0) is 6.54 Å². The summed E-state index contributed by atoms with van der Waals surface area (Å²) in [6, 6.07) is 6.98. The van der Waals surface area contributed by atoms with Crippen LogP contribution in [0.3, 0.4) is 0 Å². The number of rotatable bonds is 3. The Kier molecular flexibility index (Phi) is 4.75. The van der Waals surface area contributed by atoms with Crippen molar-refractivity contribution in [1.29, 1.82) is 5.26 Å². The lowest BCUT2D eigenvalue weighted by Crippen LogP contribution is -2.42. The van der Waals surface area contributed by atoms with Gasteiger partial charge in [0.05, 0.1) is 17.7 Å². The highest BCUT2D eigenvalue weighted by molar-refractivity contribution is 5.33. The molecule has 3 atom stereocenters. The number of aliphatic hydroxyl groups excluding tert-OH is 1. The van der Waals surface area contributed by atoms with Gasteiger partial charge in [-0.3, -0.25) is 4.90 Å². The number of likely N-dealkylation sites (tertiary alicyclic amines) is 1. The van der Waals surface area contributed by atoms with Crippen LogP contribution < -0.4 is 0 Å². The first kappa shape index (κ1) is 15.5. The van der Waals surface area contributed by atoms with E-state index < -0.39 is 0 Å². The van der Waals surface area contributed by atoms with Gasteiger partial charge in [-0.25, -0.2) is 4.39 Å². The van der Waals surface area contributed by atoms with Gasteiger partial charge in [0, 0.05) is 24.1 Å². The number of aliphatic hydroxyl groups is 1. The first-order chi connectivity index (χ1) is 10.7. The molecule has 3 rings (SSSR count). The molecule has 118 valence electrons. The van der Waals surface area contributed by atoms with Gasteiger partial charge in [0.2, 0.25) is 0 Å². The summed E-state index contributed by atoms with van der Waals surface area (Å²) in [5.74, 6) is 0.0762. The molecule has 0 spiro atoms. The Bertz CT molecular complexity index is 569. The highest BCUT2D eigenvalue weighted by Crippen LogP contribution is 2.35. The minimum absolute atomic E-state index is 0.213. The van der Waals surface area contributed by atoms with Gasteiger partial charge in [0.15, 0.2) is 0 Å². The summed E-state index contributed by atoms with van der Waals surface area (Å²) >= 11 is 0. The van der Waals surface area contributed by atoms with E-state index in [9.17, 15) is 9.50 Å². The highest BCUT2D eigenvalue weighted by atomic mass is 19.1. The van der Waals surface area contributed by atoms with E-state index in [4.69, 9.17) is 5.26 Å². The summed E-state index contributed by atoms with van der Waals surface area (Å²) in [5.41, 5.74) is 1.10. The molecule has 3 nitrogen and oxygen atoms in total. The van der Waals surface area contributed by atoms with Gasteiger partial charge in [-0.1, -0.05) is 12.8 Å². The zero-order chi connectivity index (χ0) is 15.5. The third-order valence-electron chi connectivity index (χ3n) is 5.24. The minimum atomic E-state index is -0.242. The van der Waals surface area contributed by atoms with Crippen LogP contribution in [0.25, 0.3) is 0 Å². The molecule has 1 aliphatic carbocycles. The molecule has 1 saturated carbocycles. The van der Waals surface area contributed by atoms with Crippen molar-refractivity contribution in [3.05, 3.63) is 35.1 Å². The van der Waals surface area contributed by atoms with Crippen molar-refractivity contribution in [2.45, 2.75) is 57.2 Å². The van der Waals surface area contributed by atoms with Gasteiger partial charge in [0.1, 0.15) is 5.82 Å². The second-order valence-corrected chi connectivity index (χ2v) is 6.61. The van der Waals surface area contributed by atoms with Crippen LogP contribution in [0.5, 0.6) is 0 Å². The minimum Gasteiger partial charge on any atom is -0.393 e. The van der Waals surface area contributed by atoms with Crippen molar-refractivity contribution >= 4 is 0 Å². The molecule has 1 N–H and O–H groups in total. The monoisotopic (exact) mass is 302 g/mol. The average Bonchev–Trinajstić information content (AvgIpc) is 2.98. The van der Waals surface area contributed by atoms with E-state index >= 15 is 0 Å². The summed E-state index contributed by atoms with van der Waals surface area (Å²) < 4.78 is 14.0. The maximum absolute atomic E-state index is 14.0. The quantitative estimate of drug-likeness (QED) is 0.932. The van der Waals surface area contributed by atoms with Crippen LogP contribution in [0, 0.1) is 23.1 Å². The molecule has 1 aromatic carbocycles. The van der Waals surface area contributed by atoms with Crippen molar-refractivity contribution in [1.82, 2.24) is 4.90 Å². The molecule has 2 aliphatic rings. The van der Waals surface area contributed by atoms with Gasteiger partial charge in [0.25, 0.3) is 0 Å². The van der Waals surface area contributed by atoms with E-state index in [0.29, 0.717) is 29.6 Å². The fourth-order valence-corrected chi connectivity index (χ4v) is 4.11. The topological polar surface area (TPSA) is 47.3 Å². The maximum Gasteiger partial charge on any atom is 0.127 e. The van der Waals surface area contributed by atoms with Crippen LogP contribution in [0.1, 0.15) is 49.7 Å². The Labute approximate surface area is 131 Å². The molecule has 0 aromatic heterocycles. The predicted octanol–water partition coefficient (Wildman–Crippen LogP) is 3.21. The molecule has 1 aromatic rings. The van der Waals surface area contributed by atoms with Gasteiger partial charge in [-0.15, -0.1) is 0 Å². The van der Waals surface area contributed by atoms with E-state index in [2.05, 4.69) is 11.0 Å². The first-order valence-electron chi connectivity index (χ1n) is 8.29. The number of benzene rings is 1. The molecule has 0 unspecified atom stereocenters. The van der Waals surface area contributed by atoms with Crippen molar-refractivity contribution in [2.75, 3.05) is 6.54 Å². The summed E-state index contributed by atoms with van der Waals surface area (Å²) in [6.45, 7) is 1.49. The SMILES string of the molecule is N#Cc1ccc(F)c(CN2CCC[C@@H]2[C@H]2CCCC[C@H]2O)c1. The van der Waals surface area contributed by atoms with Crippen molar-refractivity contribution in [3.63, 3.8) is 0 Å². The first-order valence-corrected chi connectivity index (χ1v) is 8.29. The molecule has 1 heterocycles. The van der Waals surface area contributed by atoms with Crippen LogP contribution in [0.2, 0.25) is 0 Å². The van der Waals surface area contributed by atoms with Crippen molar-refractivity contribution in [2.24, 2.45) is 5.92 Å². The lowest BCUT2D eigenvalue weighted by Gasteiger charge is -2.37. The van der Waals surface area contributed by atoms with Gasteiger partial charge >= 0.3 is 0 Å². The lowest BCUT2D eigenvalue weighted by atomic mass is 9.80. The second kappa shape index (κ2) is 6.76. The number of halogens is 1. The van der Waals surface area contributed by atoms with Gasteiger partial charge in [-0.2, -0.15) is 5.26 Å². The molecule has 4 heteroatoms. The third-order valence-corrected chi connectivity index (χ3v) is 5.24. The molecule has 1 aliphatic heterocycles. The lowest BCUT2D eigenvalue weighted by molar-refractivity contribution is 0.0199. The number of nitrogens with zero attached hydrogens (tertiary/aromatic N) is 2. The molecular formula is C18H23FN2O. The summed E-state index contributed by atoms with van der Waals surface area (Å²) in [5, 5.41) is 19.3. The molecule has 2 fully saturated rings. The Morgan fingerprint density at radius 3 is 2.82 bits per heavy atom. The van der Waals surface area contributed by atoms with E-state index in [1.54, 1.807) is 6.07 Å². The van der Waals surface area contributed by atoms with Crippen LogP contribution >= 0.6 is 0 Å². The summed E-state index contributed by atoms with van der Waals surface area (Å²) in [6.07, 6.45) is 6.24. The molecule has 0 radical (unpaired) electrons. The van der Waals surface area contributed by atoms with E-state index in [1.807, 2.05) is 0 Å². The van der Waals surface area contributed by atoms with Crippen LogP contribution in [0.4, 0.5) is 4.39 Å². The third kappa shape index (κ3) is 3.16. The van der Waals surface area contributed by atoms with Crippen LogP contribution in [0.15, 0.2) is 18.2 Å². The Morgan fingerprint density at radius 2 is 2.05 bits per heavy atom. The van der Waals surface area contributed by atoms with Gasteiger partial charge in [-0.05, 0) is 50.4 Å². The molecule has 22 heavy (non-hydrogen) atoms. The molecule has 0 bridgehead atoms. The zero-order valence-electron chi connectivity index (χ0n) is 12.8. The largest absolute Gasteiger partial charge is 0.393 e. The zero-order valence-corrected chi connectivity index (χ0v) is 12.8. The highest BCUT2D eigenvalue weighted by Gasteiger charge is 2.36. The Balaban J connectivity index is 1.75. The average molecular weight is 302 g/mol. The fraction of sp³-hybridized carbons (Fsp3) is 0.611. The van der Waals surface area contributed by atoms with E-state index in [-0.39, 0.29) is 11.9 Å². The summed E-state index contributed by atoms with van der Waals surface area (Å²) in [7, 11) is 0. The standard InChI is InChI=1S/C18H23FN2O/c19-16-8-7-13(11-20)10-14(16)12-21-9-3-5-17(21)15-4-1-2-6-18(15)22/h7-8,10,15,17-18,22H,1-6,9,12H2/t15-,17-,18-/m1/s1. The molecular weight excluding hydrogens is 279 g/mol. The second-order valence-electron chi connectivity index (χ2n) is 6.61. The van der Waals surface area contributed by atoms with Crippen molar-refractivity contribution < 1.29 is 9.50 Å². The Hall–Kier alpha value is -1.44. The smallest absolute Gasteiger partial charge is 0.127 e. The number of hydrogen-bond acceptors (Lipinski definition) is 3. The molecule has 0 amide bonds. The number of nitriles is 1. The van der Waals surface area contributed by atoms with Crippen LogP contribution in [-0.4, -0.2) is 28.7 Å². The normalized spacial score (nSPS) is 29.4. The van der Waals surface area contributed by atoms with Gasteiger partial charge < -0.3 is 5.11 Å². The van der Waals surface area contributed by atoms with Crippen molar-refractivity contribution in [3.8, 4) is 6.07 Å². The maximum atomic E-state index is 14.0. The van der Waals surface area contributed by atoms with E-state index in [0.717, 1.165) is 38.6 Å². The summed E-state index contributed by atoms with van der Waals surface area (Å²) in [4.78, 5) is 2.30. The Morgan fingerprint density at radius 1 is 1.23 bits per heavy atom. The predicted molar refractivity (Wildman–Crippen MR) is 82.5 cm³/mol. The number of hydrogen-bond donors (Lipinski definition) is 1.